The molecule has 2 heterocycles. The number of thiazole rings is 1. The molecule has 1 saturated heterocycles. The van der Waals surface area contributed by atoms with E-state index in [1.807, 2.05) is 18.8 Å². The van der Waals surface area contributed by atoms with E-state index < -0.39 is 0 Å². The van der Waals surface area contributed by atoms with Crippen LogP contribution in [0.1, 0.15) is 18.7 Å². The molecule has 1 atom stereocenters. The third kappa shape index (κ3) is 3.09. The molecule has 0 bridgehead atoms. The van der Waals surface area contributed by atoms with E-state index in [4.69, 9.17) is 4.74 Å². The average Bonchev–Trinajstić information content (AvgIpc) is 2.89. The number of nitrogens with zero attached hydrogens (tertiary/aromatic N) is 2. The van der Waals surface area contributed by atoms with E-state index in [9.17, 15) is 0 Å². The highest BCUT2D eigenvalue weighted by Gasteiger charge is 2.35. The maximum Gasteiger partial charge on any atom is 0.0794 e. The topological polar surface area (TPSA) is 37.4 Å². The number of aromatic nitrogens is 1. The molecule has 0 radical (unpaired) electrons. The molecular weight excluding hydrogens is 246 g/mol. The van der Waals surface area contributed by atoms with Gasteiger partial charge in [-0.2, -0.15) is 0 Å². The molecule has 1 aliphatic rings. The van der Waals surface area contributed by atoms with Gasteiger partial charge in [-0.1, -0.05) is 0 Å². The first-order valence-electron chi connectivity index (χ1n) is 6.52. The summed E-state index contributed by atoms with van der Waals surface area (Å²) < 4.78 is 5.44. The summed E-state index contributed by atoms with van der Waals surface area (Å²) in [7, 11) is 2.05. The molecule has 1 aromatic heterocycles. The highest BCUT2D eigenvalue weighted by Crippen LogP contribution is 2.24. The number of morpholine rings is 1. The van der Waals surface area contributed by atoms with Gasteiger partial charge in [-0.05, 0) is 20.9 Å². The van der Waals surface area contributed by atoms with Gasteiger partial charge in [0.25, 0.3) is 0 Å². The monoisotopic (exact) mass is 269 g/mol. The molecule has 1 unspecified atom stereocenters. The first-order valence-corrected chi connectivity index (χ1v) is 7.40. The van der Waals surface area contributed by atoms with Crippen molar-refractivity contribution in [2.45, 2.75) is 31.8 Å². The average molecular weight is 269 g/mol. The number of hydrogen-bond acceptors (Lipinski definition) is 5. The Morgan fingerprint density at radius 3 is 2.78 bits per heavy atom. The molecule has 1 aliphatic heterocycles. The summed E-state index contributed by atoms with van der Waals surface area (Å²) in [4.78, 5) is 8.03. The number of nitrogens with one attached hydrogen (secondary N) is 1. The van der Waals surface area contributed by atoms with Crippen molar-refractivity contribution in [1.29, 1.82) is 0 Å². The van der Waals surface area contributed by atoms with Gasteiger partial charge in [0.05, 0.1) is 18.7 Å². The minimum absolute atomic E-state index is 0.128. The van der Waals surface area contributed by atoms with Crippen LogP contribution in [0.4, 0.5) is 0 Å². The van der Waals surface area contributed by atoms with E-state index in [0.717, 1.165) is 32.7 Å². The Kier molecular flexibility index (Phi) is 4.72. The molecule has 0 saturated carbocycles. The third-order valence-corrected chi connectivity index (χ3v) is 4.72. The van der Waals surface area contributed by atoms with Gasteiger partial charge in [-0.25, -0.2) is 0 Å². The fourth-order valence-corrected chi connectivity index (χ4v) is 3.25. The van der Waals surface area contributed by atoms with Gasteiger partial charge < -0.3 is 10.1 Å². The van der Waals surface area contributed by atoms with Gasteiger partial charge in [0.1, 0.15) is 0 Å². The van der Waals surface area contributed by atoms with E-state index in [0.29, 0.717) is 6.04 Å². The van der Waals surface area contributed by atoms with Crippen molar-refractivity contribution >= 4 is 11.3 Å². The zero-order chi connectivity index (χ0) is 13.0. The molecule has 1 fully saturated rings. The summed E-state index contributed by atoms with van der Waals surface area (Å²) in [6.07, 6.45) is 3.01. The largest absolute Gasteiger partial charge is 0.379 e. The molecule has 0 spiro atoms. The molecule has 0 amide bonds. The quantitative estimate of drug-likeness (QED) is 0.876. The molecule has 0 aromatic carbocycles. The van der Waals surface area contributed by atoms with Gasteiger partial charge >= 0.3 is 0 Å². The Morgan fingerprint density at radius 1 is 1.50 bits per heavy atom. The number of hydrogen-bond donors (Lipinski definition) is 1. The van der Waals surface area contributed by atoms with Crippen molar-refractivity contribution in [1.82, 2.24) is 15.2 Å². The summed E-state index contributed by atoms with van der Waals surface area (Å²) in [6, 6.07) is 0.427. The minimum atomic E-state index is 0.128. The van der Waals surface area contributed by atoms with Crippen molar-refractivity contribution in [2.24, 2.45) is 0 Å². The second-order valence-corrected chi connectivity index (χ2v) is 6.24. The number of ether oxygens (including phenoxy) is 1. The Hall–Kier alpha value is -0.490. The predicted octanol–water partition coefficient (Wildman–Crippen LogP) is 1.38. The second kappa shape index (κ2) is 6.10. The molecule has 1 aromatic rings. The Morgan fingerprint density at radius 2 is 2.22 bits per heavy atom. The maximum atomic E-state index is 5.44. The number of rotatable bonds is 5. The van der Waals surface area contributed by atoms with Crippen LogP contribution < -0.4 is 5.32 Å². The zero-order valence-electron chi connectivity index (χ0n) is 11.5. The molecule has 4 nitrogen and oxygen atoms in total. The predicted molar refractivity (Wildman–Crippen MR) is 75.1 cm³/mol. The van der Waals surface area contributed by atoms with Crippen LogP contribution >= 0.6 is 11.3 Å². The summed E-state index contributed by atoms with van der Waals surface area (Å²) in [5, 5.41) is 3.47. The van der Waals surface area contributed by atoms with Crippen molar-refractivity contribution in [2.75, 3.05) is 33.4 Å². The van der Waals surface area contributed by atoms with Crippen molar-refractivity contribution in [3.05, 3.63) is 16.6 Å². The molecular formula is C13H23N3OS. The summed E-state index contributed by atoms with van der Waals surface area (Å²) in [5.41, 5.74) is 2.03. The van der Waals surface area contributed by atoms with Crippen LogP contribution in [0.25, 0.3) is 0 Å². The first-order chi connectivity index (χ1) is 8.64. The first kappa shape index (κ1) is 13.9. The summed E-state index contributed by atoms with van der Waals surface area (Å²) in [6.45, 7) is 8.38. The molecule has 102 valence electrons. The maximum absolute atomic E-state index is 5.44. The van der Waals surface area contributed by atoms with Gasteiger partial charge in [0.2, 0.25) is 0 Å². The van der Waals surface area contributed by atoms with Crippen LogP contribution in [0, 0.1) is 0 Å². The fraction of sp³-hybridized carbons (Fsp3) is 0.769. The zero-order valence-corrected chi connectivity index (χ0v) is 12.3. The lowest BCUT2D eigenvalue weighted by Gasteiger charge is -2.45. The number of likely N-dealkylation sites (N-methyl/N-ethyl adjacent to an activating group) is 1. The highest BCUT2D eigenvalue weighted by molar-refractivity contribution is 7.09. The van der Waals surface area contributed by atoms with E-state index in [1.54, 1.807) is 11.3 Å². The Bertz CT molecular complexity index is 347. The highest BCUT2D eigenvalue weighted by atomic mass is 32.1. The van der Waals surface area contributed by atoms with Gasteiger partial charge in [0, 0.05) is 42.2 Å². The van der Waals surface area contributed by atoms with Crippen LogP contribution in [0.3, 0.4) is 0 Å². The van der Waals surface area contributed by atoms with Gasteiger partial charge in [-0.15, -0.1) is 11.3 Å². The SMILES string of the molecule is CNC(Cc1cncs1)C(C)(C)N1CCOCC1. The molecule has 1 N–H and O–H groups in total. The smallest absolute Gasteiger partial charge is 0.0794 e. The molecule has 18 heavy (non-hydrogen) atoms. The third-order valence-electron chi connectivity index (χ3n) is 3.92. The van der Waals surface area contributed by atoms with Crippen molar-refractivity contribution < 1.29 is 4.74 Å². The fourth-order valence-electron chi connectivity index (χ4n) is 2.61. The lowest BCUT2D eigenvalue weighted by Crippen LogP contribution is -2.60. The van der Waals surface area contributed by atoms with Crippen molar-refractivity contribution in [3.8, 4) is 0 Å². The lowest BCUT2D eigenvalue weighted by atomic mass is 9.89. The van der Waals surface area contributed by atoms with Crippen LogP contribution in [-0.4, -0.2) is 54.8 Å². The summed E-state index contributed by atoms with van der Waals surface area (Å²) >= 11 is 1.74. The second-order valence-electron chi connectivity index (χ2n) is 5.27. The van der Waals surface area contributed by atoms with Crippen LogP contribution in [0.15, 0.2) is 11.7 Å². The van der Waals surface area contributed by atoms with Gasteiger partial charge in [0.15, 0.2) is 0 Å². The summed E-state index contributed by atoms with van der Waals surface area (Å²) in [5.74, 6) is 0. The van der Waals surface area contributed by atoms with Crippen molar-refractivity contribution in [3.63, 3.8) is 0 Å². The van der Waals surface area contributed by atoms with Crippen LogP contribution in [-0.2, 0) is 11.2 Å². The van der Waals surface area contributed by atoms with E-state index >= 15 is 0 Å². The van der Waals surface area contributed by atoms with Crippen LogP contribution in [0.5, 0.6) is 0 Å². The van der Waals surface area contributed by atoms with Gasteiger partial charge in [-0.3, -0.25) is 9.88 Å². The Balaban J connectivity index is 2.04. The standard InChI is InChI=1S/C13H23N3OS/c1-13(2,16-4-6-17-7-5-16)12(14-3)8-11-9-15-10-18-11/h9-10,12,14H,4-8H2,1-3H3. The molecule has 5 heteroatoms. The van der Waals surface area contributed by atoms with E-state index in [2.05, 4.69) is 29.0 Å². The Labute approximate surface area is 113 Å². The normalized spacial score (nSPS) is 19.9. The lowest BCUT2D eigenvalue weighted by molar-refractivity contribution is -0.0222. The molecule has 0 aliphatic carbocycles. The minimum Gasteiger partial charge on any atom is -0.379 e. The molecule has 2 rings (SSSR count). The van der Waals surface area contributed by atoms with Crippen LogP contribution in [0.2, 0.25) is 0 Å². The van der Waals surface area contributed by atoms with E-state index in [-0.39, 0.29) is 5.54 Å². The van der Waals surface area contributed by atoms with E-state index in [1.165, 1.54) is 4.88 Å².